The van der Waals surface area contributed by atoms with Gasteiger partial charge in [0, 0.05) is 30.4 Å². The van der Waals surface area contributed by atoms with Crippen LogP contribution < -0.4 is 10.6 Å². The topological polar surface area (TPSA) is 70.4 Å². The molecule has 2 aromatic heterocycles. The zero-order valence-electron chi connectivity index (χ0n) is 19.9. The molecule has 0 radical (unpaired) electrons. The van der Waals surface area contributed by atoms with Crippen molar-refractivity contribution < 1.29 is 9.21 Å². The van der Waals surface area contributed by atoms with Gasteiger partial charge in [0.15, 0.2) is 5.11 Å². The normalized spacial score (nSPS) is 17.1. The number of carbonyl (C=O) groups is 1. The molecule has 2 unspecified atom stereocenters. The standard InChI is InChI=1S/C28H24Cl2N4O2S/c1-17-5-8-19(9-6-17)32-25(35)13-15-34-27(26(33-28(34)37)22-4-2-3-14-31-22)24-12-11-23(36-24)18-7-10-20(29)21(30)16-18/h2-12,14,16,26-27H,13,15H2,1H3,(H,32,35)(H,33,37). The van der Waals surface area contributed by atoms with E-state index in [2.05, 4.69) is 15.6 Å². The minimum atomic E-state index is -0.300. The lowest BCUT2D eigenvalue weighted by Crippen LogP contribution is -2.32. The van der Waals surface area contributed by atoms with E-state index in [9.17, 15) is 4.79 Å². The van der Waals surface area contributed by atoms with E-state index in [1.807, 2.05) is 72.5 Å². The van der Waals surface area contributed by atoms with Crippen molar-refractivity contribution in [1.82, 2.24) is 15.2 Å². The average Bonchev–Trinajstić information content (AvgIpc) is 3.51. The van der Waals surface area contributed by atoms with E-state index in [0.29, 0.717) is 33.2 Å². The summed E-state index contributed by atoms with van der Waals surface area (Å²) in [5.74, 6) is 1.26. The van der Waals surface area contributed by atoms with Crippen LogP contribution in [-0.4, -0.2) is 27.4 Å². The fourth-order valence-corrected chi connectivity index (χ4v) is 4.98. The first kappa shape index (κ1) is 25.3. The molecule has 5 rings (SSSR count). The number of halogens is 2. The number of pyridine rings is 1. The van der Waals surface area contributed by atoms with Crippen molar-refractivity contribution in [2.45, 2.75) is 25.4 Å². The molecule has 1 amide bonds. The number of rotatable bonds is 7. The van der Waals surface area contributed by atoms with E-state index in [1.54, 1.807) is 18.3 Å². The monoisotopic (exact) mass is 550 g/mol. The second kappa shape index (κ2) is 10.9. The lowest BCUT2D eigenvalue weighted by molar-refractivity contribution is -0.116. The predicted molar refractivity (Wildman–Crippen MR) is 151 cm³/mol. The summed E-state index contributed by atoms with van der Waals surface area (Å²) < 4.78 is 6.32. The van der Waals surface area contributed by atoms with Crippen LogP contribution in [0.4, 0.5) is 5.69 Å². The molecule has 188 valence electrons. The molecule has 1 saturated heterocycles. The molecule has 3 heterocycles. The van der Waals surface area contributed by atoms with E-state index in [0.717, 1.165) is 22.5 Å². The van der Waals surface area contributed by atoms with E-state index in [-0.39, 0.29) is 24.4 Å². The lowest BCUT2D eigenvalue weighted by Gasteiger charge is -2.25. The van der Waals surface area contributed by atoms with Crippen LogP contribution in [0.15, 0.2) is 83.4 Å². The number of nitrogens with one attached hydrogen (secondary N) is 2. The predicted octanol–water partition coefficient (Wildman–Crippen LogP) is 6.96. The molecule has 2 aromatic carbocycles. The van der Waals surface area contributed by atoms with Gasteiger partial charge in [-0.1, -0.05) is 47.0 Å². The van der Waals surface area contributed by atoms with Crippen LogP contribution in [0, 0.1) is 6.92 Å². The molecule has 2 N–H and O–H groups in total. The van der Waals surface area contributed by atoms with Gasteiger partial charge in [-0.25, -0.2) is 0 Å². The fraction of sp³-hybridized carbons (Fsp3) is 0.179. The Balaban J connectivity index is 1.40. The number of aromatic nitrogens is 1. The molecule has 1 fully saturated rings. The highest BCUT2D eigenvalue weighted by molar-refractivity contribution is 7.80. The molecule has 1 aliphatic heterocycles. The van der Waals surface area contributed by atoms with Gasteiger partial charge in [0.05, 0.1) is 21.8 Å². The van der Waals surface area contributed by atoms with Gasteiger partial charge in [-0.05, 0) is 73.7 Å². The summed E-state index contributed by atoms with van der Waals surface area (Å²) in [6, 6.07) is 22.1. The number of aryl methyl sites for hydroxylation is 1. The smallest absolute Gasteiger partial charge is 0.226 e. The van der Waals surface area contributed by atoms with Gasteiger partial charge >= 0.3 is 0 Å². The Morgan fingerprint density at radius 1 is 1.08 bits per heavy atom. The van der Waals surface area contributed by atoms with Crippen LogP contribution in [0.5, 0.6) is 0 Å². The van der Waals surface area contributed by atoms with Crippen molar-refractivity contribution in [2.75, 3.05) is 11.9 Å². The summed E-state index contributed by atoms with van der Waals surface area (Å²) in [4.78, 5) is 19.3. The third-order valence-electron chi connectivity index (χ3n) is 6.24. The largest absolute Gasteiger partial charge is 0.459 e. The van der Waals surface area contributed by atoms with Gasteiger partial charge in [-0.15, -0.1) is 0 Å². The lowest BCUT2D eigenvalue weighted by atomic mass is 10.0. The first-order chi connectivity index (χ1) is 17.9. The van der Waals surface area contributed by atoms with Crippen molar-refractivity contribution in [3.05, 3.63) is 106 Å². The summed E-state index contributed by atoms with van der Waals surface area (Å²) in [6.45, 7) is 2.41. The Hall–Kier alpha value is -3.39. The van der Waals surface area contributed by atoms with Gasteiger partial charge in [0.1, 0.15) is 17.6 Å². The third-order valence-corrected chi connectivity index (χ3v) is 7.33. The maximum atomic E-state index is 12.7. The van der Waals surface area contributed by atoms with Gasteiger partial charge in [-0.3, -0.25) is 9.78 Å². The SMILES string of the molecule is Cc1ccc(NC(=O)CCN2C(=S)NC(c3ccccn3)C2c2ccc(-c3ccc(Cl)c(Cl)c3)o2)cc1. The molecule has 0 spiro atoms. The second-order valence-corrected chi connectivity index (χ2v) is 10.0. The van der Waals surface area contributed by atoms with E-state index < -0.39 is 0 Å². The quantitative estimate of drug-likeness (QED) is 0.242. The number of carbonyl (C=O) groups excluding carboxylic acids is 1. The summed E-state index contributed by atoms with van der Waals surface area (Å²) in [5, 5.41) is 7.80. The summed E-state index contributed by atoms with van der Waals surface area (Å²) in [7, 11) is 0. The second-order valence-electron chi connectivity index (χ2n) is 8.82. The number of benzene rings is 2. The summed E-state index contributed by atoms with van der Waals surface area (Å²) >= 11 is 18.0. The molecular formula is C28H24Cl2N4O2S. The summed E-state index contributed by atoms with van der Waals surface area (Å²) in [6.07, 6.45) is 2.00. The summed E-state index contributed by atoms with van der Waals surface area (Å²) in [5.41, 5.74) is 3.54. The molecule has 0 aliphatic carbocycles. The van der Waals surface area contributed by atoms with Crippen LogP contribution in [-0.2, 0) is 4.79 Å². The van der Waals surface area contributed by atoms with Crippen LogP contribution in [0.2, 0.25) is 10.0 Å². The highest BCUT2D eigenvalue weighted by Crippen LogP contribution is 2.41. The first-order valence-corrected chi connectivity index (χ1v) is 13.0. The highest BCUT2D eigenvalue weighted by atomic mass is 35.5. The maximum absolute atomic E-state index is 12.7. The minimum Gasteiger partial charge on any atom is -0.459 e. The van der Waals surface area contributed by atoms with Crippen molar-refractivity contribution in [3.8, 4) is 11.3 Å². The average molecular weight is 551 g/mol. The van der Waals surface area contributed by atoms with Crippen LogP contribution >= 0.6 is 35.4 Å². The minimum absolute atomic E-state index is 0.0948. The zero-order chi connectivity index (χ0) is 25.9. The van der Waals surface area contributed by atoms with Crippen LogP contribution in [0.3, 0.4) is 0 Å². The van der Waals surface area contributed by atoms with Gasteiger partial charge in [0.2, 0.25) is 5.91 Å². The number of hydrogen-bond acceptors (Lipinski definition) is 4. The van der Waals surface area contributed by atoms with Crippen molar-refractivity contribution in [2.24, 2.45) is 0 Å². The third kappa shape index (κ3) is 5.64. The molecule has 9 heteroatoms. The molecule has 37 heavy (non-hydrogen) atoms. The number of anilines is 1. The van der Waals surface area contributed by atoms with Crippen molar-refractivity contribution >= 4 is 52.1 Å². The molecule has 6 nitrogen and oxygen atoms in total. The van der Waals surface area contributed by atoms with Crippen LogP contribution in [0.25, 0.3) is 11.3 Å². The Morgan fingerprint density at radius 2 is 1.89 bits per heavy atom. The Labute approximate surface area is 230 Å². The van der Waals surface area contributed by atoms with Crippen molar-refractivity contribution in [1.29, 1.82) is 0 Å². The zero-order valence-corrected chi connectivity index (χ0v) is 22.3. The Morgan fingerprint density at radius 3 is 2.62 bits per heavy atom. The maximum Gasteiger partial charge on any atom is 0.226 e. The molecular weight excluding hydrogens is 527 g/mol. The molecule has 4 aromatic rings. The van der Waals surface area contributed by atoms with E-state index in [4.69, 9.17) is 39.8 Å². The van der Waals surface area contributed by atoms with Gasteiger partial charge in [-0.2, -0.15) is 0 Å². The Bertz CT molecular complexity index is 1430. The van der Waals surface area contributed by atoms with Gasteiger partial charge in [0.25, 0.3) is 0 Å². The highest BCUT2D eigenvalue weighted by Gasteiger charge is 2.41. The fourth-order valence-electron chi connectivity index (χ4n) is 4.35. The molecule has 2 atom stereocenters. The molecule has 1 aliphatic rings. The van der Waals surface area contributed by atoms with E-state index >= 15 is 0 Å². The number of hydrogen-bond donors (Lipinski definition) is 2. The number of furan rings is 1. The van der Waals surface area contributed by atoms with Gasteiger partial charge < -0.3 is 20.0 Å². The van der Waals surface area contributed by atoms with Crippen molar-refractivity contribution in [3.63, 3.8) is 0 Å². The number of nitrogens with zero attached hydrogens (tertiary/aromatic N) is 2. The first-order valence-electron chi connectivity index (χ1n) is 11.8. The molecule has 0 bridgehead atoms. The number of amides is 1. The van der Waals surface area contributed by atoms with E-state index in [1.165, 1.54) is 0 Å². The number of thiocarbonyl (C=S) groups is 1. The molecule has 0 saturated carbocycles. The Kier molecular flexibility index (Phi) is 7.46. The van der Waals surface area contributed by atoms with Crippen LogP contribution in [0.1, 0.15) is 35.5 Å².